The summed E-state index contributed by atoms with van der Waals surface area (Å²) in [7, 11) is -3.08. The highest BCUT2D eigenvalue weighted by Crippen LogP contribution is 2.29. The molecule has 8 heteroatoms. The number of sulfone groups is 1. The number of carbonyl (C=O) groups is 2. The van der Waals surface area contributed by atoms with Gasteiger partial charge in [-0.1, -0.05) is 12.8 Å². The number of ether oxygens (including phenoxy) is 1. The Morgan fingerprint density at radius 1 is 1.21 bits per heavy atom. The monoisotopic (exact) mass is 354 g/mol. The maximum absolute atomic E-state index is 12.6. The number of aromatic amines is 1. The molecule has 1 aromatic rings. The minimum atomic E-state index is -3.08. The van der Waals surface area contributed by atoms with Crippen LogP contribution in [0.1, 0.15) is 42.6 Å². The molecule has 0 bridgehead atoms. The van der Waals surface area contributed by atoms with Crippen molar-refractivity contribution in [1.82, 2.24) is 9.88 Å². The second-order valence-corrected chi connectivity index (χ2v) is 8.68. The summed E-state index contributed by atoms with van der Waals surface area (Å²) in [6.45, 7) is -0.356. The number of nitrogens with zero attached hydrogens (tertiary/aromatic N) is 1. The second-order valence-electron chi connectivity index (χ2n) is 6.46. The summed E-state index contributed by atoms with van der Waals surface area (Å²) < 4.78 is 28.6. The summed E-state index contributed by atoms with van der Waals surface area (Å²) in [5.74, 6) is -0.751. The maximum Gasteiger partial charge on any atom is 0.355 e. The lowest BCUT2D eigenvalue weighted by molar-refractivity contribution is -0.139. The van der Waals surface area contributed by atoms with Gasteiger partial charge >= 0.3 is 5.97 Å². The first kappa shape index (κ1) is 17.0. The number of aromatic nitrogens is 1. The van der Waals surface area contributed by atoms with E-state index in [1.165, 1.54) is 0 Å². The zero-order valence-corrected chi connectivity index (χ0v) is 14.3. The number of esters is 1. The molecule has 1 amide bonds. The molecule has 1 aliphatic heterocycles. The molecular weight excluding hydrogens is 332 g/mol. The number of amides is 1. The van der Waals surface area contributed by atoms with Crippen LogP contribution in [0.4, 0.5) is 0 Å². The van der Waals surface area contributed by atoms with Gasteiger partial charge in [0.2, 0.25) is 0 Å². The van der Waals surface area contributed by atoms with Crippen molar-refractivity contribution in [2.75, 3.05) is 18.1 Å². The molecule has 0 radical (unpaired) electrons. The SMILES string of the molecule is O=C(OCC(=O)N(C1CCCC1)[C@@H]1CCS(=O)(=O)C1)c1ccc[nH]1. The lowest BCUT2D eigenvalue weighted by atomic mass is 10.1. The summed E-state index contributed by atoms with van der Waals surface area (Å²) in [5.41, 5.74) is 0.290. The normalized spacial score (nSPS) is 23.2. The maximum atomic E-state index is 12.6. The molecule has 1 aliphatic carbocycles. The first-order valence-electron chi connectivity index (χ1n) is 8.28. The van der Waals surface area contributed by atoms with Crippen molar-refractivity contribution in [3.05, 3.63) is 24.0 Å². The molecule has 2 fully saturated rings. The molecule has 0 spiro atoms. The predicted molar refractivity (Wildman–Crippen MR) is 87.2 cm³/mol. The van der Waals surface area contributed by atoms with E-state index >= 15 is 0 Å². The predicted octanol–water partition coefficient (Wildman–Crippen LogP) is 1.13. The first-order valence-corrected chi connectivity index (χ1v) is 10.1. The molecule has 24 heavy (non-hydrogen) atoms. The molecular formula is C16H22N2O5S. The van der Waals surface area contributed by atoms with E-state index in [9.17, 15) is 18.0 Å². The highest BCUT2D eigenvalue weighted by atomic mass is 32.2. The summed E-state index contributed by atoms with van der Waals surface area (Å²) in [5, 5.41) is 0. The average molecular weight is 354 g/mol. The summed E-state index contributed by atoms with van der Waals surface area (Å²) in [6, 6.07) is 3.01. The van der Waals surface area contributed by atoms with Crippen LogP contribution in [0, 0.1) is 0 Å². The van der Waals surface area contributed by atoms with E-state index in [2.05, 4.69) is 4.98 Å². The Morgan fingerprint density at radius 2 is 1.96 bits per heavy atom. The number of H-pyrrole nitrogens is 1. The van der Waals surface area contributed by atoms with Gasteiger partial charge in [-0.05, 0) is 31.4 Å². The third-order valence-corrected chi connectivity index (χ3v) is 6.50. The van der Waals surface area contributed by atoms with E-state index in [4.69, 9.17) is 4.74 Å². The average Bonchev–Trinajstić information content (AvgIpc) is 3.26. The largest absolute Gasteiger partial charge is 0.451 e. The minimum Gasteiger partial charge on any atom is -0.451 e. The van der Waals surface area contributed by atoms with Crippen LogP contribution in [0.3, 0.4) is 0 Å². The smallest absolute Gasteiger partial charge is 0.355 e. The van der Waals surface area contributed by atoms with Crippen molar-refractivity contribution in [2.45, 2.75) is 44.2 Å². The van der Waals surface area contributed by atoms with Gasteiger partial charge in [-0.3, -0.25) is 4.79 Å². The van der Waals surface area contributed by atoms with Crippen molar-refractivity contribution in [3.8, 4) is 0 Å². The Hall–Kier alpha value is -1.83. The van der Waals surface area contributed by atoms with Crippen molar-refractivity contribution >= 4 is 21.7 Å². The molecule has 2 heterocycles. The fraction of sp³-hybridized carbons (Fsp3) is 0.625. The van der Waals surface area contributed by atoms with Crippen LogP contribution >= 0.6 is 0 Å². The van der Waals surface area contributed by atoms with E-state index in [1.807, 2.05) is 0 Å². The lowest BCUT2D eigenvalue weighted by Gasteiger charge is -2.33. The standard InChI is InChI=1S/C16H22N2O5S/c19-15(10-23-16(20)14-6-3-8-17-14)18(12-4-1-2-5-12)13-7-9-24(21,22)11-13/h3,6,8,12-13,17H,1-2,4-5,7,9-11H2/t13-/m1/s1. The van der Waals surface area contributed by atoms with Crippen molar-refractivity contribution < 1.29 is 22.7 Å². The zero-order chi connectivity index (χ0) is 17.2. The van der Waals surface area contributed by atoms with Gasteiger partial charge in [0.1, 0.15) is 5.69 Å². The highest BCUT2D eigenvalue weighted by Gasteiger charge is 2.39. The van der Waals surface area contributed by atoms with Crippen LogP contribution in [0.5, 0.6) is 0 Å². The topological polar surface area (TPSA) is 96.5 Å². The summed E-state index contributed by atoms with van der Waals surface area (Å²) >= 11 is 0. The van der Waals surface area contributed by atoms with Gasteiger partial charge in [-0.15, -0.1) is 0 Å². The van der Waals surface area contributed by atoms with E-state index in [0.29, 0.717) is 12.1 Å². The molecule has 1 atom stereocenters. The van der Waals surface area contributed by atoms with Crippen molar-refractivity contribution in [1.29, 1.82) is 0 Å². The number of nitrogens with one attached hydrogen (secondary N) is 1. The third kappa shape index (κ3) is 3.80. The molecule has 1 saturated heterocycles. The molecule has 1 N–H and O–H groups in total. The van der Waals surface area contributed by atoms with E-state index in [0.717, 1.165) is 25.7 Å². The number of hydrogen-bond donors (Lipinski definition) is 1. The minimum absolute atomic E-state index is 0.0137. The first-order chi connectivity index (χ1) is 11.5. The van der Waals surface area contributed by atoms with Crippen LogP contribution in [0.2, 0.25) is 0 Å². The van der Waals surface area contributed by atoms with Crippen LogP contribution in [-0.2, 0) is 19.4 Å². The van der Waals surface area contributed by atoms with Crippen LogP contribution in [0.15, 0.2) is 18.3 Å². The Labute approximate surface area is 141 Å². The molecule has 0 unspecified atom stereocenters. The third-order valence-electron chi connectivity index (χ3n) is 4.75. The Kier molecular flexibility index (Phi) is 4.93. The molecule has 3 rings (SSSR count). The molecule has 7 nitrogen and oxygen atoms in total. The van der Waals surface area contributed by atoms with E-state index in [-0.39, 0.29) is 36.1 Å². The van der Waals surface area contributed by atoms with E-state index < -0.39 is 15.8 Å². The van der Waals surface area contributed by atoms with Crippen LogP contribution in [0.25, 0.3) is 0 Å². The number of rotatable bonds is 5. The van der Waals surface area contributed by atoms with Gasteiger partial charge in [0.05, 0.1) is 11.5 Å². The molecule has 132 valence electrons. The van der Waals surface area contributed by atoms with E-state index in [1.54, 1.807) is 23.2 Å². The molecule has 2 aliphatic rings. The van der Waals surface area contributed by atoms with Gasteiger partial charge in [0.15, 0.2) is 16.4 Å². The fourth-order valence-corrected chi connectivity index (χ4v) is 5.33. The Bertz CT molecular complexity index is 692. The van der Waals surface area contributed by atoms with Gasteiger partial charge in [0, 0.05) is 18.3 Å². The molecule has 0 aromatic carbocycles. The zero-order valence-electron chi connectivity index (χ0n) is 13.4. The summed E-state index contributed by atoms with van der Waals surface area (Å²) in [6.07, 6.45) is 5.91. The lowest BCUT2D eigenvalue weighted by Crippen LogP contribution is -2.48. The van der Waals surface area contributed by atoms with Gasteiger partial charge in [0.25, 0.3) is 5.91 Å². The van der Waals surface area contributed by atoms with Gasteiger partial charge < -0.3 is 14.6 Å². The van der Waals surface area contributed by atoms with Gasteiger partial charge in [-0.2, -0.15) is 0 Å². The summed E-state index contributed by atoms with van der Waals surface area (Å²) in [4.78, 5) is 28.9. The molecule has 1 aromatic heterocycles. The Morgan fingerprint density at radius 3 is 2.54 bits per heavy atom. The molecule has 1 saturated carbocycles. The van der Waals surface area contributed by atoms with Gasteiger partial charge in [-0.25, -0.2) is 13.2 Å². The van der Waals surface area contributed by atoms with Crippen LogP contribution in [-0.4, -0.2) is 60.4 Å². The number of hydrogen-bond acceptors (Lipinski definition) is 5. The number of carbonyl (C=O) groups excluding carboxylic acids is 2. The Balaban J connectivity index is 1.66. The van der Waals surface area contributed by atoms with Crippen molar-refractivity contribution in [2.24, 2.45) is 0 Å². The van der Waals surface area contributed by atoms with Crippen LogP contribution < -0.4 is 0 Å². The quantitative estimate of drug-likeness (QED) is 0.800. The highest BCUT2D eigenvalue weighted by molar-refractivity contribution is 7.91. The second kappa shape index (κ2) is 6.96. The van der Waals surface area contributed by atoms with Crippen molar-refractivity contribution in [3.63, 3.8) is 0 Å². The fourth-order valence-electron chi connectivity index (χ4n) is 3.62.